The number of nitrogens with zero attached hydrogens (tertiary/aromatic N) is 1. The first-order valence-electron chi connectivity index (χ1n) is 11.2. The first kappa shape index (κ1) is 26.2. The van der Waals surface area contributed by atoms with Crippen molar-refractivity contribution < 1.29 is 13.6 Å². The lowest BCUT2D eigenvalue weighted by Gasteiger charge is -2.42. The molecule has 1 aromatic rings. The molecule has 31 heavy (non-hydrogen) atoms. The maximum Gasteiger partial charge on any atom is 0.330 e. The number of rotatable bonds is 7. The predicted octanol–water partition coefficient (Wildman–Crippen LogP) is 4.63. The molecule has 1 N–H and O–H groups in total. The summed E-state index contributed by atoms with van der Waals surface area (Å²) in [4.78, 5) is 26.1. The van der Waals surface area contributed by atoms with Crippen LogP contribution in [0.2, 0.25) is 36.3 Å². The molecule has 1 saturated heterocycles. The van der Waals surface area contributed by atoms with E-state index in [9.17, 15) is 9.59 Å². The topological polar surface area (TPSA) is 82.5 Å². The molecule has 0 bridgehead atoms. The monoisotopic (exact) mass is 470 g/mol. The van der Waals surface area contributed by atoms with Gasteiger partial charge in [0.25, 0.3) is 5.56 Å². The standard InChI is InChI=1S/C22H42N2O5Si2/c1-20(2,3)30(7,8)27-15-22(16-28-31(9,10)21(4,5)6)13-11-18(29-22)24-14-12-17(25)23-19(24)26/h12,14,18H,11,13,15-16H2,1-10H3,(H,23,25,26)/t18-/m1/s1. The van der Waals surface area contributed by atoms with Crippen molar-refractivity contribution in [1.82, 2.24) is 9.55 Å². The molecule has 0 amide bonds. The van der Waals surface area contributed by atoms with E-state index in [2.05, 4.69) is 72.7 Å². The van der Waals surface area contributed by atoms with Crippen LogP contribution in [0.4, 0.5) is 0 Å². The Hall–Kier alpha value is -1.01. The molecule has 178 valence electrons. The molecule has 1 aromatic heterocycles. The van der Waals surface area contributed by atoms with Gasteiger partial charge >= 0.3 is 5.69 Å². The van der Waals surface area contributed by atoms with Crippen molar-refractivity contribution in [3.05, 3.63) is 33.1 Å². The Morgan fingerprint density at radius 1 is 1.03 bits per heavy atom. The van der Waals surface area contributed by atoms with E-state index in [1.807, 2.05) is 0 Å². The fourth-order valence-electron chi connectivity index (χ4n) is 2.95. The molecular formula is C22H42N2O5Si2. The van der Waals surface area contributed by atoms with Crippen LogP contribution in [-0.2, 0) is 13.6 Å². The summed E-state index contributed by atoms with van der Waals surface area (Å²) in [6, 6.07) is 1.35. The second-order valence-corrected chi connectivity index (χ2v) is 21.5. The second kappa shape index (κ2) is 8.74. The molecule has 7 nitrogen and oxygen atoms in total. The molecule has 1 aliphatic rings. The van der Waals surface area contributed by atoms with E-state index in [1.165, 1.54) is 16.8 Å². The van der Waals surface area contributed by atoms with Crippen LogP contribution in [0.15, 0.2) is 21.9 Å². The Labute approximate surface area is 188 Å². The molecule has 0 unspecified atom stereocenters. The van der Waals surface area contributed by atoms with Crippen molar-refractivity contribution in [2.75, 3.05) is 13.2 Å². The third kappa shape index (κ3) is 6.07. The lowest BCUT2D eigenvalue weighted by molar-refractivity contribution is -0.117. The quantitative estimate of drug-likeness (QED) is 0.588. The van der Waals surface area contributed by atoms with Crippen LogP contribution in [-0.4, -0.2) is 45.0 Å². The molecule has 1 aliphatic heterocycles. The summed E-state index contributed by atoms with van der Waals surface area (Å²) in [5.41, 5.74) is -1.48. The molecule has 0 aliphatic carbocycles. The highest BCUT2D eigenvalue weighted by atomic mass is 28.4. The molecule has 1 atom stereocenters. The van der Waals surface area contributed by atoms with Crippen molar-refractivity contribution in [2.24, 2.45) is 0 Å². The molecule has 0 spiro atoms. The number of ether oxygens (including phenoxy) is 1. The highest BCUT2D eigenvalue weighted by molar-refractivity contribution is 6.74. The number of hydrogen-bond acceptors (Lipinski definition) is 5. The van der Waals surface area contributed by atoms with Crippen molar-refractivity contribution in [2.45, 2.75) is 102 Å². The summed E-state index contributed by atoms with van der Waals surface area (Å²) in [5.74, 6) is 0. The van der Waals surface area contributed by atoms with E-state index in [0.717, 1.165) is 6.42 Å². The second-order valence-electron chi connectivity index (χ2n) is 11.9. The Bertz CT molecular complexity index is 847. The van der Waals surface area contributed by atoms with Gasteiger partial charge in [-0.25, -0.2) is 4.79 Å². The van der Waals surface area contributed by atoms with E-state index < -0.39 is 39.7 Å². The van der Waals surface area contributed by atoms with Crippen LogP contribution in [0.5, 0.6) is 0 Å². The Morgan fingerprint density at radius 2 is 1.52 bits per heavy atom. The molecule has 2 rings (SSSR count). The molecule has 0 saturated carbocycles. The maximum absolute atomic E-state index is 12.3. The summed E-state index contributed by atoms with van der Waals surface area (Å²) in [6.45, 7) is 23.1. The minimum absolute atomic E-state index is 0.0857. The van der Waals surface area contributed by atoms with Crippen LogP contribution in [0.25, 0.3) is 0 Å². The molecule has 9 heteroatoms. The number of hydrogen-bond donors (Lipinski definition) is 1. The first-order chi connectivity index (χ1) is 13.9. The lowest BCUT2D eigenvalue weighted by Crippen LogP contribution is -2.51. The van der Waals surface area contributed by atoms with Crippen LogP contribution in [0, 0.1) is 0 Å². The van der Waals surface area contributed by atoms with Gasteiger partial charge in [-0.3, -0.25) is 14.3 Å². The van der Waals surface area contributed by atoms with Gasteiger partial charge in [-0.1, -0.05) is 41.5 Å². The van der Waals surface area contributed by atoms with Gasteiger partial charge in [-0.2, -0.15) is 0 Å². The summed E-state index contributed by atoms with van der Waals surface area (Å²) < 4.78 is 21.1. The van der Waals surface area contributed by atoms with Crippen LogP contribution < -0.4 is 11.2 Å². The minimum Gasteiger partial charge on any atom is -0.414 e. The summed E-state index contributed by atoms with van der Waals surface area (Å²) in [7, 11) is -3.98. The largest absolute Gasteiger partial charge is 0.414 e. The average molecular weight is 471 g/mol. The fraction of sp³-hybridized carbons (Fsp3) is 0.818. The van der Waals surface area contributed by atoms with Crippen molar-refractivity contribution >= 4 is 16.6 Å². The third-order valence-corrected chi connectivity index (χ3v) is 16.4. The Kier molecular flexibility index (Phi) is 7.40. The molecular weight excluding hydrogens is 428 g/mol. The van der Waals surface area contributed by atoms with E-state index in [0.29, 0.717) is 19.6 Å². The number of H-pyrrole nitrogens is 1. The van der Waals surface area contributed by atoms with Gasteiger partial charge in [-0.15, -0.1) is 0 Å². The Morgan fingerprint density at radius 3 is 1.94 bits per heavy atom. The zero-order chi connectivity index (χ0) is 23.9. The number of nitrogens with one attached hydrogen (secondary N) is 1. The SMILES string of the molecule is CC(C)(C)[Si](C)(C)OCC1(CO[Si](C)(C)C(C)(C)C)CC[C@H](n2ccc(=O)[nH]c2=O)O1. The summed E-state index contributed by atoms with van der Waals surface area (Å²) in [6.07, 6.45) is 2.45. The van der Waals surface area contributed by atoms with Crippen molar-refractivity contribution in [3.63, 3.8) is 0 Å². The van der Waals surface area contributed by atoms with Crippen molar-refractivity contribution in [1.29, 1.82) is 0 Å². The number of aromatic amines is 1. The van der Waals surface area contributed by atoms with E-state index >= 15 is 0 Å². The zero-order valence-electron chi connectivity index (χ0n) is 21.0. The zero-order valence-corrected chi connectivity index (χ0v) is 23.0. The molecule has 1 fully saturated rings. The van der Waals surface area contributed by atoms with Crippen LogP contribution in [0.3, 0.4) is 0 Å². The summed E-state index contributed by atoms with van der Waals surface area (Å²) in [5, 5.41) is 0.171. The maximum atomic E-state index is 12.3. The van der Waals surface area contributed by atoms with Gasteiger partial charge in [0.15, 0.2) is 16.6 Å². The van der Waals surface area contributed by atoms with Gasteiger partial charge in [0.2, 0.25) is 0 Å². The predicted molar refractivity (Wildman–Crippen MR) is 130 cm³/mol. The first-order valence-corrected chi connectivity index (χ1v) is 17.0. The highest BCUT2D eigenvalue weighted by Crippen LogP contribution is 2.43. The van der Waals surface area contributed by atoms with Crippen molar-refractivity contribution in [3.8, 4) is 0 Å². The molecule has 2 heterocycles. The molecule has 0 aromatic carbocycles. The average Bonchev–Trinajstić information content (AvgIpc) is 3.01. The van der Waals surface area contributed by atoms with E-state index in [1.54, 1.807) is 0 Å². The normalized spacial score (nSPS) is 20.3. The van der Waals surface area contributed by atoms with Crippen LogP contribution in [0.1, 0.15) is 60.6 Å². The highest BCUT2D eigenvalue weighted by Gasteiger charge is 2.47. The number of aromatic nitrogens is 2. The fourth-order valence-corrected chi connectivity index (χ4v) is 5.07. The van der Waals surface area contributed by atoms with E-state index in [-0.39, 0.29) is 10.1 Å². The third-order valence-electron chi connectivity index (χ3n) is 7.40. The lowest BCUT2D eigenvalue weighted by atomic mass is 10.0. The van der Waals surface area contributed by atoms with Gasteiger partial charge in [0, 0.05) is 12.3 Å². The van der Waals surface area contributed by atoms with Gasteiger partial charge < -0.3 is 13.6 Å². The smallest absolute Gasteiger partial charge is 0.330 e. The van der Waals surface area contributed by atoms with E-state index in [4.69, 9.17) is 13.6 Å². The van der Waals surface area contributed by atoms with Gasteiger partial charge in [0.05, 0.1) is 13.2 Å². The van der Waals surface area contributed by atoms with Gasteiger partial charge in [0.1, 0.15) is 11.8 Å². The molecule has 0 radical (unpaired) electrons. The minimum atomic E-state index is -1.99. The summed E-state index contributed by atoms with van der Waals surface area (Å²) >= 11 is 0. The van der Waals surface area contributed by atoms with Gasteiger partial charge in [-0.05, 0) is 49.1 Å². The Balaban J connectivity index is 2.28. The van der Waals surface area contributed by atoms with Crippen LogP contribution >= 0.6 is 0 Å².